The normalized spacial score (nSPS) is 15.4. The third-order valence-corrected chi connectivity index (χ3v) is 3.10. The molecule has 0 saturated carbocycles. The Morgan fingerprint density at radius 2 is 1.53 bits per heavy atom. The van der Waals surface area contributed by atoms with Gasteiger partial charge in [-0.1, -0.05) is 60.7 Å². The predicted octanol–water partition coefficient (Wildman–Crippen LogP) is 3.49. The second kappa shape index (κ2) is 4.02. The summed E-state index contributed by atoms with van der Waals surface area (Å²) < 4.78 is 0. The lowest BCUT2D eigenvalue weighted by molar-refractivity contribution is 0.103. The van der Waals surface area contributed by atoms with Gasteiger partial charge in [0.1, 0.15) is 0 Å². The molecule has 0 spiro atoms. The minimum Gasteiger partial charge on any atom is -0.289 e. The first-order valence-corrected chi connectivity index (χ1v) is 5.74. The van der Waals surface area contributed by atoms with Gasteiger partial charge in [0.2, 0.25) is 0 Å². The van der Waals surface area contributed by atoms with E-state index in [-0.39, 0.29) is 5.78 Å². The number of carbonyl (C=O) groups excluding carboxylic acids is 1. The van der Waals surface area contributed by atoms with E-state index in [4.69, 9.17) is 0 Å². The molecule has 0 bridgehead atoms. The number of ketones is 1. The van der Waals surface area contributed by atoms with Crippen LogP contribution >= 0.6 is 0 Å². The lowest BCUT2D eigenvalue weighted by Crippen LogP contribution is -2.08. The first-order valence-electron chi connectivity index (χ1n) is 5.74. The molecule has 0 saturated heterocycles. The Bertz CT molecular complexity index is 608. The van der Waals surface area contributed by atoms with Crippen molar-refractivity contribution in [2.45, 2.75) is 6.42 Å². The van der Waals surface area contributed by atoms with E-state index in [0.717, 1.165) is 28.7 Å². The van der Waals surface area contributed by atoms with Crippen molar-refractivity contribution >= 4 is 11.9 Å². The van der Waals surface area contributed by atoms with Gasteiger partial charge in [-0.25, -0.2) is 0 Å². The Hall–Kier alpha value is -2.15. The van der Waals surface area contributed by atoms with Gasteiger partial charge in [-0.15, -0.1) is 0 Å². The van der Waals surface area contributed by atoms with Gasteiger partial charge in [0.25, 0.3) is 0 Å². The van der Waals surface area contributed by atoms with Crippen molar-refractivity contribution in [3.63, 3.8) is 0 Å². The largest absolute Gasteiger partial charge is 0.289 e. The van der Waals surface area contributed by atoms with E-state index in [1.54, 1.807) is 0 Å². The van der Waals surface area contributed by atoms with Crippen LogP contribution in [0.2, 0.25) is 0 Å². The Kier molecular flexibility index (Phi) is 2.37. The SMILES string of the molecule is O=C1c2ccccc2/C=C\Cc2ccccc21. The van der Waals surface area contributed by atoms with Crippen molar-refractivity contribution in [1.82, 2.24) is 0 Å². The second-order valence-electron chi connectivity index (χ2n) is 4.18. The Labute approximate surface area is 100 Å². The van der Waals surface area contributed by atoms with E-state index < -0.39 is 0 Å². The van der Waals surface area contributed by atoms with E-state index in [1.165, 1.54) is 0 Å². The summed E-state index contributed by atoms with van der Waals surface area (Å²) in [6.45, 7) is 0. The first-order chi connectivity index (χ1) is 8.36. The maximum absolute atomic E-state index is 12.4. The summed E-state index contributed by atoms with van der Waals surface area (Å²) in [5, 5.41) is 0. The smallest absolute Gasteiger partial charge is 0.193 e. The quantitative estimate of drug-likeness (QED) is 0.664. The molecule has 2 aromatic rings. The lowest BCUT2D eigenvalue weighted by atomic mass is 9.91. The van der Waals surface area contributed by atoms with Crippen molar-refractivity contribution in [2.24, 2.45) is 0 Å². The molecule has 0 radical (unpaired) electrons. The molecule has 1 aliphatic carbocycles. The van der Waals surface area contributed by atoms with E-state index in [0.29, 0.717) is 0 Å². The van der Waals surface area contributed by atoms with Gasteiger partial charge >= 0.3 is 0 Å². The highest BCUT2D eigenvalue weighted by molar-refractivity contribution is 6.12. The fourth-order valence-corrected chi connectivity index (χ4v) is 2.23. The zero-order chi connectivity index (χ0) is 11.7. The van der Waals surface area contributed by atoms with Gasteiger partial charge in [0.15, 0.2) is 5.78 Å². The van der Waals surface area contributed by atoms with Crippen LogP contribution in [0.1, 0.15) is 27.0 Å². The Morgan fingerprint density at radius 3 is 2.41 bits per heavy atom. The lowest BCUT2D eigenvalue weighted by Gasteiger charge is -2.11. The van der Waals surface area contributed by atoms with Crippen molar-refractivity contribution < 1.29 is 4.79 Å². The van der Waals surface area contributed by atoms with Crippen LogP contribution in [0.15, 0.2) is 54.6 Å². The third kappa shape index (κ3) is 1.70. The summed E-state index contributed by atoms with van der Waals surface area (Å²) in [7, 11) is 0. The van der Waals surface area contributed by atoms with Gasteiger partial charge in [0, 0.05) is 11.1 Å². The molecule has 82 valence electrons. The van der Waals surface area contributed by atoms with Crippen LogP contribution in [0.3, 0.4) is 0 Å². The van der Waals surface area contributed by atoms with Crippen LogP contribution < -0.4 is 0 Å². The minimum atomic E-state index is 0.126. The molecule has 0 heterocycles. The summed E-state index contributed by atoms with van der Waals surface area (Å²) in [6.07, 6.45) is 4.96. The van der Waals surface area contributed by atoms with Crippen molar-refractivity contribution in [3.8, 4) is 0 Å². The molecule has 1 heteroatoms. The van der Waals surface area contributed by atoms with Crippen LogP contribution in [0.5, 0.6) is 0 Å². The molecule has 0 fully saturated rings. The maximum atomic E-state index is 12.4. The van der Waals surface area contributed by atoms with Crippen molar-refractivity contribution in [2.75, 3.05) is 0 Å². The molecule has 0 amide bonds. The highest BCUT2D eigenvalue weighted by Crippen LogP contribution is 2.22. The summed E-state index contributed by atoms with van der Waals surface area (Å²) >= 11 is 0. The molecule has 1 nitrogen and oxygen atoms in total. The highest BCUT2D eigenvalue weighted by atomic mass is 16.1. The molecule has 17 heavy (non-hydrogen) atoms. The Morgan fingerprint density at radius 1 is 0.824 bits per heavy atom. The molecular weight excluding hydrogens is 208 g/mol. The van der Waals surface area contributed by atoms with E-state index in [2.05, 4.69) is 6.08 Å². The number of hydrogen-bond acceptors (Lipinski definition) is 1. The van der Waals surface area contributed by atoms with Crippen molar-refractivity contribution in [1.29, 1.82) is 0 Å². The predicted molar refractivity (Wildman–Crippen MR) is 69.1 cm³/mol. The minimum absolute atomic E-state index is 0.126. The summed E-state index contributed by atoms with van der Waals surface area (Å²) in [5.74, 6) is 0.126. The van der Waals surface area contributed by atoms with E-state index >= 15 is 0 Å². The second-order valence-corrected chi connectivity index (χ2v) is 4.18. The fraction of sp³-hybridized carbons (Fsp3) is 0.0625. The zero-order valence-corrected chi connectivity index (χ0v) is 9.39. The zero-order valence-electron chi connectivity index (χ0n) is 9.39. The maximum Gasteiger partial charge on any atom is 0.193 e. The van der Waals surface area contributed by atoms with Crippen LogP contribution in [0.25, 0.3) is 6.08 Å². The van der Waals surface area contributed by atoms with Gasteiger partial charge in [-0.3, -0.25) is 4.79 Å². The van der Waals surface area contributed by atoms with Crippen LogP contribution in [0, 0.1) is 0 Å². The molecule has 0 aliphatic heterocycles. The standard InChI is InChI=1S/C16H12O/c17-16-14-10-3-1-6-12(14)8-5-9-13-7-2-4-11-15(13)16/h1-8,10-11H,9H2/b8-5-. The summed E-state index contributed by atoms with van der Waals surface area (Å²) in [6, 6.07) is 15.6. The van der Waals surface area contributed by atoms with Gasteiger partial charge in [0.05, 0.1) is 0 Å². The number of fused-ring (bicyclic) bond motifs is 2. The molecular formula is C16H12O. The van der Waals surface area contributed by atoms with Crippen molar-refractivity contribution in [3.05, 3.63) is 76.9 Å². The highest BCUT2D eigenvalue weighted by Gasteiger charge is 2.16. The average Bonchev–Trinajstić information content (AvgIpc) is 2.37. The molecule has 3 rings (SSSR count). The molecule has 0 unspecified atom stereocenters. The monoisotopic (exact) mass is 220 g/mol. The topological polar surface area (TPSA) is 17.1 Å². The fourth-order valence-electron chi connectivity index (χ4n) is 2.23. The molecule has 0 aromatic heterocycles. The van der Waals surface area contributed by atoms with E-state index in [9.17, 15) is 4.79 Å². The van der Waals surface area contributed by atoms with Crippen LogP contribution in [-0.4, -0.2) is 5.78 Å². The molecule has 0 N–H and O–H groups in total. The number of carbonyl (C=O) groups is 1. The molecule has 0 atom stereocenters. The molecule has 1 aliphatic rings. The van der Waals surface area contributed by atoms with Gasteiger partial charge < -0.3 is 0 Å². The summed E-state index contributed by atoms with van der Waals surface area (Å²) in [5.41, 5.74) is 3.72. The van der Waals surface area contributed by atoms with Gasteiger partial charge in [-0.05, 0) is 17.5 Å². The number of hydrogen-bond donors (Lipinski definition) is 0. The molecule has 2 aromatic carbocycles. The number of benzene rings is 2. The van der Waals surface area contributed by atoms with Crippen LogP contribution in [0.4, 0.5) is 0 Å². The van der Waals surface area contributed by atoms with Crippen LogP contribution in [-0.2, 0) is 6.42 Å². The number of rotatable bonds is 0. The first kappa shape index (κ1) is 10.0. The Balaban J connectivity index is 2.25. The number of allylic oxidation sites excluding steroid dienone is 1. The van der Waals surface area contributed by atoms with Gasteiger partial charge in [-0.2, -0.15) is 0 Å². The summed E-state index contributed by atoms with van der Waals surface area (Å²) in [4.78, 5) is 12.4. The average molecular weight is 220 g/mol. The third-order valence-electron chi connectivity index (χ3n) is 3.10. The van der Waals surface area contributed by atoms with E-state index in [1.807, 2.05) is 54.6 Å².